The second-order valence-corrected chi connectivity index (χ2v) is 6.64. The molecular weight excluding hydrogens is 351 g/mol. The van der Waals surface area contributed by atoms with E-state index in [0.717, 1.165) is 22.0 Å². The lowest BCUT2D eigenvalue weighted by atomic mass is 10.1. The molecule has 3 aromatic rings. The fourth-order valence-electron chi connectivity index (χ4n) is 2.28. The van der Waals surface area contributed by atoms with E-state index >= 15 is 0 Å². The minimum atomic E-state index is -0.408. The molecule has 3 rings (SSSR count). The van der Waals surface area contributed by atoms with Crippen molar-refractivity contribution in [2.75, 3.05) is 16.4 Å². The maximum Gasteiger partial charge on any atom is 0.323 e. The van der Waals surface area contributed by atoms with Gasteiger partial charge in [-0.1, -0.05) is 19.1 Å². The number of urea groups is 1. The van der Waals surface area contributed by atoms with Crippen molar-refractivity contribution < 1.29 is 9.18 Å². The van der Waals surface area contributed by atoms with Gasteiger partial charge in [0.05, 0.1) is 5.69 Å². The Bertz CT molecular complexity index is 885. The van der Waals surface area contributed by atoms with Gasteiger partial charge >= 0.3 is 6.03 Å². The third-order valence-corrected chi connectivity index (χ3v) is 4.25. The number of hydrogen-bond acceptors (Lipinski definition) is 4. The Kier molecular flexibility index (Phi) is 5.80. The van der Waals surface area contributed by atoms with Crippen molar-refractivity contribution in [2.45, 2.75) is 11.9 Å². The van der Waals surface area contributed by atoms with Crippen molar-refractivity contribution in [3.8, 4) is 11.3 Å². The highest BCUT2D eigenvalue weighted by Gasteiger charge is 2.06. The molecule has 0 unspecified atom stereocenters. The quantitative estimate of drug-likeness (QED) is 0.619. The number of aromatic nitrogens is 2. The molecule has 132 valence electrons. The average Bonchev–Trinajstić information content (AvgIpc) is 2.65. The largest absolute Gasteiger partial charge is 0.323 e. The van der Waals surface area contributed by atoms with E-state index in [9.17, 15) is 9.18 Å². The van der Waals surface area contributed by atoms with Crippen LogP contribution in [0, 0.1) is 5.82 Å². The predicted molar refractivity (Wildman–Crippen MR) is 103 cm³/mol. The lowest BCUT2D eigenvalue weighted by molar-refractivity contribution is 0.262. The number of hydrogen-bond donors (Lipinski definition) is 2. The first-order valence-electron chi connectivity index (χ1n) is 8.04. The van der Waals surface area contributed by atoms with E-state index in [4.69, 9.17) is 0 Å². The first-order chi connectivity index (χ1) is 12.6. The number of anilines is 2. The number of benzene rings is 2. The Labute approximate surface area is 155 Å². The minimum Gasteiger partial charge on any atom is -0.308 e. The van der Waals surface area contributed by atoms with Gasteiger partial charge in [-0.05, 0) is 54.3 Å². The molecule has 1 aromatic heterocycles. The first-order valence-corrected chi connectivity index (χ1v) is 9.03. The summed E-state index contributed by atoms with van der Waals surface area (Å²) in [7, 11) is 0. The molecule has 0 radical (unpaired) electrons. The van der Waals surface area contributed by atoms with Gasteiger partial charge < -0.3 is 10.6 Å². The summed E-state index contributed by atoms with van der Waals surface area (Å²) in [6.45, 7) is 2.06. The Morgan fingerprint density at radius 1 is 1.00 bits per heavy atom. The molecule has 0 aliphatic rings. The van der Waals surface area contributed by atoms with Gasteiger partial charge in [-0.15, -0.1) is 22.0 Å². The number of rotatable bonds is 5. The van der Waals surface area contributed by atoms with Gasteiger partial charge in [-0.3, -0.25) is 0 Å². The van der Waals surface area contributed by atoms with Crippen molar-refractivity contribution in [3.63, 3.8) is 0 Å². The molecule has 7 heteroatoms. The highest BCUT2D eigenvalue weighted by Crippen LogP contribution is 2.22. The minimum absolute atomic E-state index is 0.354. The van der Waals surface area contributed by atoms with Crippen molar-refractivity contribution >= 4 is 29.2 Å². The zero-order valence-electron chi connectivity index (χ0n) is 14.1. The third kappa shape index (κ3) is 4.80. The summed E-state index contributed by atoms with van der Waals surface area (Å²) < 4.78 is 12.9. The number of thioether (sulfide) groups is 1. The van der Waals surface area contributed by atoms with Crippen LogP contribution in [-0.4, -0.2) is 22.0 Å². The van der Waals surface area contributed by atoms with Crippen molar-refractivity contribution in [3.05, 3.63) is 66.5 Å². The maximum absolute atomic E-state index is 12.9. The maximum atomic E-state index is 12.9. The molecule has 2 aromatic carbocycles. The molecule has 0 atom stereocenters. The summed E-state index contributed by atoms with van der Waals surface area (Å²) in [6, 6.07) is 16.3. The van der Waals surface area contributed by atoms with Crippen molar-refractivity contribution in [1.82, 2.24) is 10.2 Å². The third-order valence-electron chi connectivity index (χ3n) is 3.45. The fraction of sp³-hybridized carbons (Fsp3) is 0.105. The van der Waals surface area contributed by atoms with Crippen LogP contribution in [-0.2, 0) is 0 Å². The van der Waals surface area contributed by atoms with E-state index in [2.05, 4.69) is 27.8 Å². The molecule has 0 aliphatic carbocycles. The van der Waals surface area contributed by atoms with Crippen LogP contribution >= 0.6 is 11.8 Å². The molecule has 0 fully saturated rings. The number of carbonyl (C=O) groups excluding carboxylic acids is 1. The van der Waals surface area contributed by atoms with Crippen LogP contribution in [0.25, 0.3) is 11.3 Å². The SMILES string of the molecule is CCSc1ccc(-c2cccc(NC(=O)Nc3ccc(F)cc3)c2)nn1. The highest BCUT2D eigenvalue weighted by molar-refractivity contribution is 7.99. The molecule has 1 heterocycles. The van der Waals surface area contributed by atoms with E-state index in [-0.39, 0.29) is 5.82 Å². The smallest absolute Gasteiger partial charge is 0.308 e. The second-order valence-electron chi connectivity index (χ2n) is 5.36. The summed E-state index contributed by atoms with van der Waals surface area (Å²) in [4.78, 5) is 12.1. The number of carbonyl (C=O) groups is 1. The monoisotopic (exact) mass is 368 g/mol. The van der Waals surface area contributed by atoms with Crippen molar-refractivity contribution in [2.24, 2.45) is 0 Å². The topological polar surface area (TPSA) is 66.9 Å². The highest BCUT2D eigenvalue weighted by atomic mass is 32.2. The Balaban J connectivity index is 1.68. The Hall–Kier alpha value is -2.93. The predicted octanol–water partition coefficient (Wildman–Crippen LogP) is 5.04. The van der Waals surface area contributed by atoms with Crippen LogP contribution in [0.15, 0.2) is 65.7 Å². The summed E-state index contributed by atoms with van der Waals surface area (Å²) in [6.07, 6.45) is 0. The molecule has 2 amide bonds. The van der Waals surface area contributed by atoms with Gasteiger partial charge in [0.1, 0.15) is 10.8 Å². The molecule has 0 aliphatic heterocycles. The molecule has 5 nitrogen and oxygen atoms in total. The number of nitrogens with one attached hydrogen (secondary N) is 2. The lowest BCUT2D eigenvalue weighted by Crippen LogP contribution is -2.19. The van der Waals surface area contributed by atoms with E-state index in [1.165, 1.54) is 24.3 Å². The van der Waals surface area contributed by atoms with E-state index in [0.29, 0.717) is 11.4 Å². The second kappa shape index (κ2) is 8.44. The average molecular weight is 368 g/mol. The number of halogens is 1. The standard InChI is InChI=1S/C19H17FN4OS/c1-2-26-18-11-10-17(23-24-18)13-4-3-5-16(12-13)22-19(25)21-15-8-6-14(20)7-9-15/h3-12H,2H2,1H3,(H2,21,22,25). The summed E-state index contributed by atoms with van der Waals surface area (Å²) in [5.41, 5.74) is 2.71. The van der Waals surface area contributed by atoms with E-state index in [1.54, 1.807) is 17.8 Å². The number of nitrogens with zero attached hydrogens (tertiary/aromatic N) is 2. The molecule has 0 bridgehead atoms. The van der Waals surface area contributed by atoms with Gasteiger partial charge in [-0.2, -0.15) is 0 Å². The molecular formula is C19H17FN4OS. The number of amides is 2. The molecule has 0 saturated carbocycles. The fourth-order valence-corrected chi connectivity index (χ4v) is 2.84. The summed E-state index contributed by atoms with van der Waals surface area (Å²) in [5, 5.41) is 14.7. The molecule has 2 N–H and O–H groups in total. The summed E-state index contributed by atoms with van der Waals surface area (Å²) >= 11 is 1.63. The van der Waals surface area contributed by atoms with Gasteiger partial charge in [0.25, 0.3) is 0 Å². The van der Waals surface area contributed by atoms with Crippen LogP contribution in [0.4, 0.5) is 20.6 Å². The Morgan fingerprint density at radius 2 is 1.77 bits per heavy atom. The van der Waals surface area contributed by atoms with E-state index in [1.807, 2.05) is 30.3 Å². The Morgan fingerprint density at radius 3 is 2.46 bits per heavy atom. The van der Waals surface area contributed by atoms with Crippen LogP contribution < -0.4 is 10.6 Å². The summed E-state index contributed by atoms with van der Waals surface area (Å²) in [5.74, 6) is 0.587. The zero-order valence-corrected chi connectivity index (χ0v) is 14.9. The lowest BCUT2D eigenvalue weighted by Gasteiger charge is -2.09. The van der Waals surface area contributed by atoms with Gasteiger partial charge in [0.15, 0.2) is 0 Å². The first kappa shape index (κ1) is 17.9. The van der Waals surface area contributed by atoms with Crippen LogP contribution in [0.3, 0.4) is 0 Å². The normalized spacial score (nSPS) is 10.4. The zero-order chi connectivity index (χ0) is 18.4. The van der Waals surface area contributed by atoms with Crippen LogP contribution in [0.5, 0.6) is 0 Å². The van der Waals surface area contributed by atoms with Crippen LogP contribution in [0.1, 0.15) is 6.92 Å². The van der Waals surface area contributed by atoms with Gasteiger partial charge in [0, 0.05) is 16.9 Å². The van der Waals surface area contributed by atoms with Crippen molar-refractivity contribution in [1.29, 1.82) is 0 Å². The van der Waals surface area contributed by atoms with Gasteiger partial charge in [-0.25, -0.2) is 9.18 Å². The molecule has 0 saturated heterocycles. The van der Waals surface area contributed by atoms with Crippen LogP contribution in [0.2, 0.25) is 0 Å². The van der Waals surface area contributed by atoms with Gasteiger partial charge in [0.2, 0.25) is 0 Å². The molecule has 26 heavy (non-hydrogen) atoms. The molecule has 0 spiro atoms. The van der Waals surface area contributed by atoms with E-state index < -0.39 is 6.03 Å².